The lowest BCUT2D eigenvalue weighted by Crippen LogP contribution is -1.94. The number of halogens is 2. The van der Waals surface area contributed by atoms with Crippen LogP contribution in [0.3, 0.4) is 0 Å². The topological polar surface area (TPSA) is 39.4 Å². The first-order valence-corrected chi connectivity index (χ1v) is 11.2. The number of thiophene rings is 1. The van der Waals surface area contributed by atoms with E-state index >= 15 is 0 Å². The van der Waals surface area contributed by atoms with Crippen molar-refractivity contribution in [1.29, 1.82) is 0 Å². The summed E-state index contributed by atoms with van der Waals surface area (Å²) in [5, 5.41) is 0.984. The fourth-order valence-electron chi connectivity index (χ4n) is 2.95. The molecule has 4 rings (SSSR count). The van der Waals surface area contributed by atoms with Gasteiger partial charge in [-0.15, -0.1) is 11.3 Å². The van der Waals surface area contributed by atoms with E-state index in [1.165, 1.54) is 23.0 Å². The highest BCUT2D eigenvalue weighted by atomic mass is 35.5. The molecular formula is C25H18Cl2O3S. The summed E-state index contributed by atoms with van der Waals surface area (Å²) in [5.41, 5.74) is 1.23. The van der Waals surface area contributed by atoms with Crippen LogP contribution >= 0.6 is 34.5 Å². The molecule has 0 saturated heterocycles. The van der Waals surface area contributed by atoms with Crippen LogP contribution in [0.15, 0.2) is 83.3 Å². The van der Waals surface area contributed by atoms with Gasteiger partial charge in [0.15, 0.2) is 5.78 Å². The zero-order valence-electron chi connectivity index (χ0n) is 16.4. The first kappa shape index (κ1) is 21.4. The van der Waals surface area contributed by atoms with Crippen LogP contribution < -0.4 is 4.74 Å². The zero-order valence-corrected chi connectivity index (χ0v) is 18.7. The van der Waals surface area contributed by atoms with Crippen molar-refractivity contribution < 1.29 is 13.9 Å². The number of furan rings is 1. The Kier molecular flexibility index (Phi) is 6.92. The Morgan fingerprint density at radius 2 is 1.84 bits per heavy atom. The van der Waals surface area contributed by atoms with Crippen LogP contribution in [0.5, 0.6) is 5.75 Å². The molecule has 0 amide bonds. The predicted molar refractivity (Wildman–Crippen MR) is 126 cm³/mol. The average Bonchev–Trinajstić information content (AvgIpc) is 3.42. The Morgan fingerprint density at radius 1 is 1.00 bits per heavy atom. The molecule has 2 aromatic heterocycles. The van der Waals surface area contributed by atoms with Gasteiger partial charge in [0, 0.05) is 16.3 Å². The second kappa shape index (κ2) is 10.0. The lowest BCUT2D eigenvalue weighted by atomic mass is 10.1. The lowest BCUT2D eigenvalue weighted by Gasteiger charge is -2.06. The molecule has 6 heteroatoms. The third-order valence-corrected chi connectivity index (χ3v) is 6.10. The molecule has 0 N–H and O–H groups in total. The standard InChI is InChI=1S/C25H18Cl2O3S/c26-18-6-12-24(22(27)15-18)29-16-20-8-7-19(30-20)9-11-23(28)25-13-10-21(31-25)14-17-4-2-1-3-5-17/h1-13,15H,14,16H2/b11-9+. The summed E-state index contributed by atoms with van der Waals surface area (Å²) in [7, 11) is 0. The van der Waals surface area contributed by atoms with Crippen LogP contribution in [-0.2, 0) is 13.0 Å². The Labute approximate surface area is 194 Å². The molecule has 0 aliphatic carbocycles. The van der Waals surface area contributed by atoms with Crippen LogP contribution in [0.1, 0.15) is 31.6 Å². The molecule has 4 aromatic rings. The number of hydrogen-bond donors (Lipinski definition) is 0. The van der Waals surface area contributed by atoms with Gasteiger partial charge in [0.25, 0.3) is 0 Å². The van der Waals surface area contributed by atoms with Crippen LogP contribution in [0.4, 0.5) is 0 Å². The maximum absolute atomic E-state index is 12.5. The minimum absolute atomic E-state index is 0.0496. The lowest BCUT2D eigenvalue weighted by molar-refractivity contribution is 0.105. The molecule has 0 saturated carbocycles. The summed E-state index contributed by atoms with van der Waals surface area (Å²) in [6.07, 6.45) is 4.01. The Bertz CT molecular complexity index is 1210. The quantitative estimate of drug-likeness (QED) is 0.196. The maximum Gasteiger partial charge on any atom is 0.195 e. The molecule has 2 heterocycles. The maximum atomic E-state index is 12.5. The molecule has 0 unspecified atom stereocenters. The van der Waals surface area contributed by atoms with Gasteiger partial charge >= 0.3 is 0 Å². The highest BCUT2D eigenvalue weighted by molar-refractivity contribution is 7.14. The van der Waals surface area contributed by atoms with Gasteiger partial charge in [-0.3, -0.25) is 4.79 Å². The van der Waals surface area contributed by atoms with Crippen molar-refractivity contribution in [2.75, 3.05) is 0 Å². The second-order valence-corrected chi connectivity index (χ2v) is 8.81. The van der Waals surface area contributed by atoms with E-state index < -0.39 is 0 Å². The molecule has 3 nitrogen and oxygen atoms in total. The number of carbonyl (C=O) groups is 1. The van der Waals surface area contributed by atoms with Crippen LogP contribution in [0, 0.1) is 0 Å². The Hall–Kier alpha value is -2.79. The largest absolute Gasteiger partial charge is 0.484 e. The summed E-state index contributed by atoms with van der Waals surface area (Å²) in [5.74, 6) is 1.68. The Morgan fingerprint density at radius 3 is 2.65 bits per heavy atom. The SMILES string of the molecule is O=C(/C=C/c1ccc(COc2ccc(Cl)cc2Cl)o1)c1ccc(Cc2ccccc2)s1. The number of ether oxygens (including phenoxy) is 1. The fourth-order valence-corrected chi connectivity index (χ4v) is 4.37. The van der Waals surface area contributed by atoms with Crippen molar-refractivity contribution in [3.63, 3.8) is 0 Å². The first-order chi connectivity index (χ1) is 15.1. The smallest absolute Gasteiger partial charge is 0.195 e. The van der Waals surface area contributed by atoms with Crippen LogP contribution in [0.2, 0.25) is 10.0 Å². The summed E-state index contributed by atoms with van der Waals surface area (Å²) in [6, 6.07) is 22.7. The third-order valence-electron chi connectivity index (χ3n) is 4.47. The Balaban J connectivity index is 1.33. The van der Waals surface area contributed by atoms with Gasteiger partial charge in [-0.25, -0.2) is 0 Å². The molecule has 31 heavy (non-hydrogen) atoms. The van der Waals surface area contributed by atoms with Gasteiger partial charge in [0.05, 0.1) is 9.90 Å². The van der Waals surface area contributed by atoms with E-state index in [1.54, 1.807) is 36.4 Å². The molecule has 0 bridgehead atoms. The van der Waals surface area contributed by atoms with Gasteiger partial charge in [0.1, 0.15) is 23.9 Å². The van der Waals surface area contributed by atoms with E-state index in [0.29, 0.717) is 32.2 Å². The molecular weight excluding hydrogens is 451 g/mol. The van der Waals surface area contributed by atoms with Crippen molar-refractivity contribution in [2.45, 2.75) is 13.0 Å². The van der Waals surface area contributed by atoms with E-state index in [9.17, 15) is 4.79 Å². The highest BCUT2D eigenvalue weighted by Crippen LogP contribution is 2.28. The molecule has 0 aliphatic heterocycles. The van der Waals surface area contributed by atoms with E-state index in [1.807, 2.05) is 30.3 Å². The summed E-state index contributed by atoms with van der Waals surface area (Å²) >= 11 is 13.5. The molecule has 0 fully saturated rings. The average molecular weight is 469 g/mol. The number of benzene rings is 2. The van der Waals surface area contributed by atoms with Crippen LogP contribution in [-0.4, -0.2) is 5.78 Å². The number of allylic oxidation sites excluding steroid dienone is 1. The predicted octanol–water partition coefficient (Wildman–Crippen LogP) is 7.71. The molecule has 156 valence electrons. The molecule has 0 atom stereocenters. The number of carbonyl (C=O) groups excluding carboxylic acids is 1. The summed E-state index contributed by atoms with van der Waals surface area (Å²) < 4.78 is 11.4. The van der Waals surface area contributed by atoms with Crippen molar-refractivity contribution in [3.8, 4) is 5.75 Å². The third kappa shape index (κ3) is 5.88. The molecule has 2 aromatic carbocycles. The van der Waals surface area contributed by atoms with Crippen molar-refractivity contribution in [3.05, 3.63) is 116 Å². The zero-order chi connectivity index (χ0) is 21.6. The van der Waals surface area contributed by atoms with Crippen molar-refractivity contribution in [1.82, 2.24) is 0 Å². The van der Waals surface area contributed by atoms with Crippen LogP contribution in [0.25, 0.3) is 6.08 Å². The van der Waals surface area contributed by atoms with E-state index in [4.69, 9.17) is 32.4 Å². The molecule has 0 aliphatic rings. The van der Waals surface area contributed by atoms with E-state index in [-0.39, 0.29) is 12.4 Å². The number of rotatable bonds is 8. The fraction of sp³-hybridized carbons (Fsp3) is 0.0800. The minimum Gasteiger partial charge on any atom is -0.484 e. The van der Waals surface area contributed by atoms with Gasteiger partial charge in [-0.05, 0) is 60.2 Å². The van der Waals surface area contributed by atoms with Crippen molar-refractivity contribution >= 4 is 46.4 Å². The minimum atomic E-state index is -0.0496. The summed E-state index contributed by atoms with van der Waals surface area (Å²) in [6.45, 7) is 0.219. The van der Waals surface area contributed by atoms with E-state index in [0.717, 1.165) is 11.3 Å². The van der Waals surface area contributed by atoms with Gasteiger partial charge < -0.3 is 9.15 Å². The van der Waals surface area contributed by atoms with Gasteiger partial charge in [0.2, 0.25) is 0 Å². The number of ketones is 1. The normalized spacial score (nSPS) is 11.2. The monoisotopic (exact) mass is 468 g/mol. The highest BCUT2D eigenvalue weighted by Gasteiger charge is 2.09. The van der Waals surface area contributed by atoms with Crippen molar-refractivity contribution in [2.24, 2.45) is 0 Å². The number of hydrogen-bond acceptors (Lipinski definition) is 4. The summed E-state index contributed by atoms with van der Waals surface area (Å²) in [4.78, 5) is 14.4. The second-order valence-electron chi connectivity index (χ2n) is 6.79. The molecule has 0 radical (unpaired) electrons. The van der Waals surface area contributed by atoms with Gasteiger partial charge in [-0.1, -0.05) is 53.5 Å². The van der Waals surface area contributed by atoms with Gasteiger partial charge in [-0.2, -0.15) is 0 Å². The first-order valence-electron chi connectivity index (χ1n) is 9.58. The molecule has 0 spiro atoms. The van der Waals surface area contributed by atoms with E-state index in [2.05, 4.69) is 12.1 Å².